The van der Waals surface area contributed by atoms with Crippen molar-refractivity contribution in [1.82, 2.24) is 50.6 Å². The minimum Gasteiger partial charge on any atom is -0.493 e. The molecule has 2 fully saturated rings. The van der Waals surface area contributed by atoms with Gasteiger partial charge in [0.15, 0.2) is 0 Å². The number of likely N-dealkylation sites (tertiary alicyclic amines) is 1. The maximum atomic E-state index is 13.6. The number of halogens is 3. The smallest absolute Gasteiger partial charge is 0.471 e. The zero-order valence-corrected chi connectivity index (χ0v) is 38.1. The summed E-state index contributed by atoms with van der Waals surface area (Å²) < 4.78 is 51.6. The molecule has 0 aliphatic carbocycles. The number of aryl methyl sites for hydroxylation is 1. The van der Waals surface area contributed by atoms with Crippen LogP contribution in [0, 0.1) is 0 Å². The van der Waals surface area contributed by atoms with Gasteiger partial charge in [0.2, 0.25) is 17.6 Å². The van der Waals surface area contributed by atoms with Crippen LogP contribution in [-0.2, 0) is 34.3 Å². The Balaban J connectivity index is 0.739. The van der Waals surface area contributed by atoms with Crippen LogP contribution in [0.4, 0.5) is 13.2 Å². The first-order chi connectivity index (χ1) is 33.3. The molecule has 1 unspecified atom stereocenters. The van der Waals surface area contributed by atoms with Crippen LogP contribution in [0.1, 0.15) is 105 Å². The van der Waals surface area contributed by atoms with Crippen LogP contribution >= 0.6 is 11.3 Å². The molecule has 0 spiro atoms. The van der Waals surface area contributed by atoms with E-state index in [9.17, 15) is 37.1 Å². The van der Waals surface area contributed by atoms with Crippen LogP contribution in [0.3, 0.4) is 0 Å². The third-order valence-corrected chi connectivity index (χ3v) is 13.8. The number of unbranched alkanes of at least 4 members (excludes halogenated alkanes) is 4. The summed E-state index contributed by atoms with van der Waals surface area (Å²) in [5.41, 5.74) is 3.00. The van der Waals surface area contributed by atoms with Gasteiger partial charge >= 0.3 is 12.1 Å². The number of ether oxygens (including phenoxy) is 1. The summed E-state index contributed by atoms with van der Waals surface area (Å²) >= 11 is 1.56. The van der Waals surface area contributed by atoms with Gasteiger partial charge in [-0.1, -0.05) is 78.2 Å². The van der Waals surface area contributed by atoms with E-state index in [1.807, 2.05) is 46.6 Å². The number of nitrogens with one attached hydrogen (secondary N) is 2. The van der Waals surface area contributed by atoms with Crippen molar-refractivity contribution in [2.45, 2.75) is 88.5 Å². The second-order valence-corrected chi connectivity index (χ2v) is 18.2. The molecule has 0 radical (unpaired) electrons. The lowest BCUT2D eigenvalue weighted by Crippen LogP contribution is -2.54. The van der Waals surface area contributed by atoms with E-state index in [2.05, 4.69) is 40.5 Å². The summed E-state index contributed by atoms with van der Waals surface area (Å²) in [6.45, 7) is 3.38. The Morgan fingerprint density at radius 3 is 2.46 bits per heavy atom. The van der Waals surface area contributed by atoms with Crippen molar-refractivity contribution in [2.75, 3.05) is 26.2 Å². The molecule has 1 atom stereocenters. The molecule has 6 heterocycles. The van der Waals surface area contributed by atoms with Crippen molar-refractivity contribution >= 4 is 40.9 Å². The van der Waals surface area contributed by atoms with Crippen LogP contribution in [0.15, 0.2) is 88.9 Å². The maximum absolute atomic E-state index is 13.6. The normalized spacial score (nSPS) is 17.3. The fourth-order valence-corrected chi connectivity index (χ4v) is 10.0. The Morgan fingerprint density at radius 2 is 1.68 bits per heavy atom. The van der Waals surface area contributed by atoms with Crippen molar-refractivity contribution < 1.29 is 46.4 Å². The molecule has 9 rings (SSSR count). The predicted molar refractivity (Wildman–Crippen MR) is 243 cm³/mol. The quantitative estimate of drug-likeness (QED) is 0.0667. The van der Waals surface area contributed by atoms with E-state index < -0.39 is 53.1 Å². The molecule has 3 aliphatic rings. The number of imide groups is 2. The number of amides is 5. The predicted octanol–water partition coefficient (Wildman–Crippen LogP) is 6.86. The number of fused-ring (bicyclic) bond motifs is 1. The van der Waals surface area contributed by atoms with E-state index in [1.165, 1.54) is 12.1 Å². The molecule has 21 heteroatoms. The van der Waals surface area contributed by atoms with Crippen LogP contribution in [-0.4, -0.2) is 102 Å². The monoisotopic (exact) mass is 964 g/mol. The minimum absolute atomic E-state index is 0.0478. The van der Waals surface area contributed by atoms with Crippen molar-refractivity contribution in [3.63, 3.8) is 0 Å². The molecule has 2 N–H and O–H groups in total. The van der Waals surface area contributed by atoms with Crippen LogP contribution in [0.2, 0.25) is 0 Å². The number of alkyl halides is 3. The van der Waals surface area contributed by atoms with Gasteiger partial charge in [0.25, 0.3) is 17.7 Å². The number of aromatic nitrogens is 6. The zero-order valence-electron chi connectivity index (χ0n) is 37.2. The fourth-order valence-electron chi connectivity index (χ4n) is 8.91. The van der Waals surface area contributed by atoms with Gasteiger partial charge in [0.1, 0.15) is 16.8 Å². The van der Waals surface area contributed by atoms with Gasteiger partial charge in [-0.2, -0.15) is 18.2 Å². The van der Waals surface area contributed by atoms with Crippen molar-refractivity contribution in [3.8, 4) is 28.4 Å². The Labute approximate surface area is 397 Å². The Kier molecular flexibility index (Phi) is 13.8. The van der Waals surface area contributed by atoms with Crippen molar-refractivity contribution in [3.05, 3.63) is 118 Å². The first kappa shape index (κ1) is 47.0. The highest BCUT2D eigenvalue weighted by atomic mass is 32.1. The van der Waals surface area contributed by atoms with Crippen LogP contribution < -0.4 is 15.4 Å². The topological polar surface area (TPSA) is 208 Å². The molecular weight excluding hydrogens is 918 g/mol. The molecular formula is C48H47F3N10O7S. The van der Waals surface area contributed by atoms with E-state index >= 15 is 0 Å². The van der Waals surface area contributed by atoms with Gasteiger partial charge < -0.3 is 14.6 Å². The Hall–Kier alpha value is -7.13. The van der Waals surface area contributed by atoms with E-state index in [-0.39, 0.29) is 40.9 Å². The number of carbonyl (C=O) groups excluding carboxylic acids is 5. The van der Waals surface area contributed by atoms with E-state index in [0.717, 1.165) is 59.0 Å². The van der Waals surface area contributed by atoms with Gasteiger partial charge in [0, 0.05) is 59.7 Å². The first-order valence-electron chi connectivity index (χ1n) is 22.7. The number of hydrogen-bond donors (Lipinski definition) is 2. The standard InChI is InChI=1S/C48H47F3N10O7S/c49-48(50,51)45-55-40(57-68-45)31-13-9-14-32(25-31)41(63)52-29-47(46-53-35(28-69-46)30-11-5-4-6-12-30)19-22-59(23-20-47)26-33-27-60(58-56-33)21-7-2-1-3-8-24-67-37-16-10-15-34-39(37)44(66)61(43(34)65)36-17-18-38(62)54-42(36)64/h4-6,9-16,25,27-28,36H,1-3,7-8,17-24,26,29H2,(H,52,63)(H,54,62,64). The van der Waals surface area contributed by atoms with Crippen LogP contribution in [0.25, 0.3) is 22.6 Å². The lowest BCUT2D eigenvalue weighted by molar-refractivity contribution is -0.159. The van der Waals surface area contributed by atoms with Crippen molar-refractivity contribution in [2.24, 2.45) is 0 Å². The minimum atomic E-state index is -4.79. The van der Waals surface area contributed by atoms with Gasteiger partial charge in [0.05, 0.1) is 29.1 Å². The average Bonchev–Trinajstić information content (AvgIpc) is 4.19. The summed E-state index contributed by atoms with van der Waals surface area (Å²) in [6.07, 6.45) is 3.17. The van der Waals surface area contributed by atoms with E-state index in [1.54, 1.807) is 41.7 Å². The molecule has 3 aromatic carbocycles. The van der Waals surface area contributed by atoms with Gasteiger partial charge in [-0.05, 0) is 69.5 Å². The van der Waals surface area contributed by atoms with Crippen LogP contribution in [0.5, 0.6) is 5.75 Å². The molecule has 358 valence electrons. The maximum Gasteiger partial charge on any atom is 0.471 e. The van der Waals surface area contributed by atoms with Crippen molar-refractivity contribution in [1.29, 1.82) is 0 Å². The van der Waals surface area contributed by atoms with Gasteiger partial charge in [-0.25, -0.2) is 4.98 Å². The number of carbonyl (C=O) groups is 5. The number of rotatable bonds is 18. The second-order valence-electron chi connectivity index (χ2n) is 17.4. The molecule has 3 aliphatic heterocycles. The molecule has 69 heavy (non-hydrogen) atoms. The highest BCUT2D eigenvalue weighted by molar-refractivity contribution is 7.10. The summed E-state index contributed by atoms with van der Waals surface area (Å²) in [5.74, 6) is -4.08. The highest BCUT2D eigenvalue weighted by Gasteiger charge is 2.46. The van der Waals surface area contributed by atoms with E-state index in [0.29, 0.717) is 57.9 Å². The summed E-state index contributed by atoms with van der Waals surface area (Å²) in [5, 5.41) is 20.5. The average molecular weight is 965 g/mol. The number of benzene rings is 3. The third-order valence-electron chi connectivity index (χ3n) is 12.7. The zero-order chi connectivity index (χ0) is 48.1. The summed E-state index contributed by atoms with van der Waals surface area (Å²) in [6, 6.07) is 19.8. The Morgan fingerprint density at radius 1 is 0.913 bits per heavy atom. The second kappa shape index (κ2) is 20.2. The van der Waals surface area contributed by atoms with Gasteiger partial charge in [-0.3, -0.25) is 43.8 Å². The SMILES string of the molecule is O=C1CCC(N2C(=O)c3cccc(OCCCCCCCn4cc(CN5CCC(CNC(=O)c6cccc(-c7noc(C(F)(F)F)n7)c6)(c6nc(-c7ccccc7)cs6)CC5)nn4)c3C2=O)C(=O)N1. The molecule has 0 bridgehead atoms. The highest BCUT2D eigenvalue weighted by Crippen LogP contribution is 2.39. The molecule has 17 nitrogen and oxygen atoms in total. The number of hydrogen-bond acceptors (Lipinski definition) is 14. The molecule has 3 aromatic heterocycles. The molecule has 0 saturated carbocycles. The molecule has 6 aromatic rings. The lowest BCUT2D eigenvalue weighted by atomic mass is 9.78. The fraction of sp³-hybridized carbons (Fsp3) is 0.375. The Bertz CT molecular complexity index is 2860. The van der Waals surface area contributed by atoms with Gasteiger partial charge in [-0.15, -0.1) is 16.4 Å². The van der Waals surface area contributed by atoms with E-state index in [4.69, 9.17) is 9.72 Å². The largest absolute Gasteiger partial charge is 0.493 e. The number of nitrogens with zero attached hydrogens (tertiary/aromatic N) is 8. The number of thiazole rings is 1. The summed E-state index contributed by atoms with van der Waals surface area (Å²) in [7, 11) is 0. The third kappa shape index (κ3) is 10.5. The molecule has 5 amide bonds. The lowest BCUT2D eigenvalue weighted by Gasteiger charge is -2.40. The number of piperidine rings is 2. The summed E-state index contributed by atoms with van der Waals surface area (Å²) in [4.78, 5) is 75.9. The first-order valence-corrected chi connectivity index (χ1v) is 23.6. The molecule has 2 saturated heterocycles.